The average Bonchev–Trinajstić information content (AvgIpc) is 1.83. The van der Waals surface area contributed by atoms with Crippen molar-refractivity contribution in [1.29, 1.82) is 0 Å². The third-order valence-corrected chi connectivity index (χ3v) is 2.39. The van der Waals surface area contributed by atoms with Crippen molar-refractivity contribution in [3.8, 4) is 0 Å². The molecule has 0 heterocycles. The molecule has 7 heteroatoms. The summed E-state index contributed by atoms with van der Waals surface area (Å²) in [7, 11) is -1.90. The molecular formula is C5H8O5PS+. The van der Waals surface area contributed by atoms with E-state index >= 15 is 0 Å². The fourth-order valence-electron chi connectivity index (χ4n) is 0.629. The van der Waals surface area contributed by atoms with Gasteiger partial charge in [-0.05, 0) is 0 Å². The summed E-state index contributed by atoms with van der Waals surface area (Å²) in [6, 6.07) is 0. The number of carboxylic acids is 2. The van der Waals surface area contributed by atoms with E-state index in [4.69, 9.17) is 10.2 Å². The molecule has 0 aromatic heterocycles. The van der Waals surface area contributed by atoms with Gasteiger partial charge in [0.05, 0.1) is 6.42 Å². The molecule has 0 radical (unpaired) electrons. The first-order valence-corrected chi connectivity index (χ1v) is 5.61. The lowest BCUT2D eigenvalue weighted by atomic mass is 10.1. The monoisotopic (exact) mass is 211 g/mol. The van der Waals surface area contributed by atoms with Gasteiger partial charge in [-0.15, -0.1) is 0 Å². The fraction of sp³-hybridized carbons (Fsp3) is 0.600. The summed E-state index contributed by atoms with van der Waals surface area (Å²) < 4.78 is 10.5. The van der Waals surface area contributed by atoms with Crippen LogP contribution in [-0.2, 0) is 14.2 Å². The fourth-order valence-corrected chi connectivity index (χ4v) is 1.88. The molecule has 0 rings (SSSR count). The quantitative estimate of drug-likeness (QED) is 0.462. The minimum atomic E-state index is -1.90. The van der Waals surface area contributed by atoms with Crippen LogP contribution in [0.3, 0.4) is 0 Å². The van der Waals surface area contributed by atoms with Gasteiger partial charge in [0.1, 0.15) is 18.2 Å². The number of rotatable bonds is 5. The zero-order chi connectivity index (χ0) is 9.72. The highest BCUT2D eigenvalue weighted by molar-refractivity contribution is 8.40. The second-order valence-electron chi connectivity index (χ2n) is 2.17. The Labute approximate surface area is 74.7 Å². The van der Waals surface area contributed by atoms with Crippen LogP contribution in [0, 0.1) is 5.92 Å². The van der Waals surface area contributed by atoms with Crippen molar-refractivity contribution < 1.29 is 24.4 Å². The van der Waals surface area contributed by atoms with Gasteiger partial charge in [-0.25, -0.2) is 0 Å². The predicted octanol–water partition coefficient (Wildman–Crippen LogP) is 0.834. The van der Waals surface area contributed by atoms with Crippen LogP contribution in [0.2, 0.25) is 0 Å². The molecule has 68 valence electrons. The zero-order valence-electron chi connectivity index (χ0n) is 6.01. The molecule has 0 spiro atoms. The van der Waals surface area contributed by atoms with Crippen LogP contribution in [0.15, 0.2) is 0 Å². The van der Waals surface area contributed by atoms with Crippen LogP contribution in [0.25, 0.3) is 0 Å². The number of aliphatic carboxylic acids is 2. The Balaban J connectivity index is 4.14. The summed E-state index contributed by atoms with van der Waals surface area (Å²) in [6.07, 6.45) is -0.725. The average molecular weight is 211 g/mol. The Bertz CT molecular complexity index is 200. The maximum Gasteiger partial charge on any atom is 0.408 e. The molecule has 0 bridgehead atoms. The molecule has 0 aliphatic carbocycles. The molecule has 5 nitrogen and oxygen atoms in total. The van der Waals surface area contributed by atoms with Crippen LogP contribution in [0.4, 0.5) is 0 Å². The van der Waals surface area contributed by atoms with Crippen molar-refractivity contribution in [2.75, 3.05) is 6.16 Å². The van der Waals surface area contributed by atoms with E-state index in [0.29, 0.717) is 0 Å². The van der Waals surface area contributed by atoms with E-state index in [1.54, 1.807) is 0 Å². The van der Waals surface area contributed by atoms with Crippen LogP contribution < -0.4 is 0 Å². The third kappa shape index (κ3) is 5.09. The number of hydrogen-bond donors (Lipinski definition) is 3. The molecule has 0 aromatic rings. The molecule has 2 unspecified atom stereocenters. The van der Waals surface area contributed by atoms with Crippen molar-refractivity contribution in [2.24, 2.45) is 5.92 Å². The van der Waals surface area contributed by atoms with Gasteiger partial charge in [-0.3, -0.25) is 9.59 Å². The van der Waals surface area contributed by atoms with Crippen LogP contribution in [-0.4, -0.2) is 28.3 Å². The maximum atomic E-state index is 10.5. The minimum Gasteiger partial charge on any atom is -0.481 e. The first-order chi connectivity index (χ1) is 5.43. The Kier molecular flexibility index (Phi) is 4.85. The summed E-state index contributed by atoms with van der Waals surface area (Å²) in [4.78, 5) is 20.5. The van der Waals surface area contributed by atoms with Crippen molar-refractivity contribution >= 4 is 31.2 Å². The summed E-state index contributed by atoms with van der Waals surface area (Å²) in [5, 5.41) is 16.7. The van der Waals surface area contributed by atoms with Gasteiger partial charge in [0.15, 0.2) is 6.16 Å². The van der Waals surface area contributed by atoms with Gasteiger partial charge < -0.3 is 10.2 Å². The van der Waals surface area contributed by atoms with Gasteiger partial charge in [0.25, 0.3) is 0 Å². The molecule has 0 aromatic carbocycles. The normalized spacial score (nSPS) is 13.6. The number of carboxylic acid groups (broad SMARTS) is 2. The molecule has 0 amide bonds. The summed E-state index contributed by atoms with van der Waals surface area (Å²) in [6.45, 7) is 0. The van der Waals surface area contributed by atoms with Gasteiger partial charge in [0.2, 0.25) is 0 Å². The van der Waals surface area contributed by atoms with E-state index in [0.717, 1.165) is 0 Å². The molecule has 0 saturated heterocycles. The molecule has 2 N–H and O–H groups in total. The molecule has 0 aliphatic rings. The van der Waals surface area contributed by atoms with E-state index < -0.39 is 31.3 Å². The molecule has 12 heavy (non-hydrogen) atoms. The lowest BCUT2D eigenvalue weighted by molar-refractivity contribution is -0.147. The maximum absolute atomic E-state index is 10.5. The Morgan fingerprint density at radius 3 is 2.17 bits per heavy atom. The van der Waals surface area contributed by atoms with Crippen LogP contribution >= 0.6 is 19.3 Å². The molecule has 2 atom stereocenters. The second kappa shape index (κ2) is 5.11. The van der Waals surface area contributed by atoms with Crippen molar-refractivity contribution in [3.05, 3.63) is 0 Å². The van der Waals surface area contributed by atoms with Crippen LogP contribution in [0.1, 0.15) is 6.42 Å². The topological polar surface area (TPSA) is 91.7 Å². The summed E-state index contributed by atoms with van der Waals surface area (Å²) in [5.41, 5.74) is 0. The highest BCUT2D eigenvalue weighted by Gasteiger charge is 2.28. The number of hydrogen-bond acceptors (Lipinski definition) is 3. The SMILES string of the molecule is O=C(O)CC(C[P+](=O)S)C(=O)O. The van der Waals surface area contributed by atoms with E-state index in [2.05, 4.69) is 12.2 Å². The molecule has 0 saturated carbocycles. The minimum absolute atomic E-state index is 0.208. The molecule has 0 fully saturated rings. The molecular weight excluding hydrogens is 203 g/mol. The summed E-state index contributed by atoms with van der Waals surface area (Å²) >= 11 is 3.51. The van der Waals surface area contributed by atoms with Crippen molar-refractivity contribution in [3.63, 3.8) is 0 Å². The summed E-state index contributed by atoms with van der Waals surface area (Å²) in [5.74, 6) is -3.58. The number of thiol groups is 1. The van der Waals surface area contributed by atoms with E-state index in [1.807, 2.05) is 0 Å². The Morgan fingerprint density at radius 2 is 1.92 bits per heavy atom. The highest BCUT2D eigenvalue weighted by atomic mass is 32.7. The molecule has 0 aliphatic heterocycles. The largest absolute Gasteiger partial charge is 0.481 e. The van der Waals surface area contributed by atoms with E-state index in [9.17, 15) is 14.2 Å². The zero-order valence-corrected chi connectivity index (χ0v) is 7.79. The van der Waals surface area contributed by atoms with Crippen LogP contribution in [0.5, 0.6) is 0 Å². The predicted molar refractivity (Wildman–Crippen MR) is 44.8 cm³/mol. The van der Waals surface area contributed by atoms with Crippen molar-refractivity contribution in [1.82, 2.24) is 0 Å². The van der Waals surface area contributed by atoms with E-state index in [-0.39, 0.29) is 6.16 Å². The van der Waals surface area contributed by atoms with Crippen molar-refractivity contribution in [2.45, 2.75) is 6.42 Å². The third-order valence-electron chi connectivity index (χ3n) is 1.15. The number of carbonyl (C=O) groups is 2. The van der Waals surface area contributed by atoms with Gasteiger partial charge in [-0.1, -0.05) is 4.57 Å². The standard InChI is InChI=1S/C5H7O5PS/c6-4(7)1-3(5(8)9)2-11(10)12/h3H,1-2H2,(H2-,6,7,8,9,10,12)/p+1. The lowest BCUT2D eigenvalue weighted by Crippen LogP contribution is -2.19. The Hall–Kier alpha value is -0.610. The second-order valence-corrected chi connectivity index (χ2v) is 4.58. The van der Waals surface area contributed by atoms with Gasteiger partial charge in [-0.2, -0.15) is 0 Å². The smallest absolute Gasteiger partial charge is 0.408 e. The first-order valence-electron chi connectivity index (χ1n) is 3.01. The first kappa shape index (κ1) is 11.4. The van der Waals surface area contributed by atoms with E-state index in [1.165, 1.54) is 0 Å². The van der Waals surface area contributed by atoms with Gasteiger partial charge in [0, 0.05) is 0 Å². The highest BCUT2D eigenvalue weighted by Crippen LogP contribution is 2.29. The lowest BCUT2D eigenvalue weighted by Gasteiger charge is -2.00. The van der Waals surface area contributed by atoms with Gasteiger partial charge >= 0.3 is 18.9 Å². The Morgan fingerprint density at radius 1 is 1.42 bits per heavy atom.